The van der Waals surface area contributed by atoms with Gasteiger partial charge in [-0.25, -0.2) is 0 Å². The molecular weight excluding hydrogens is 293 g/mol. The van der Waals surface area contributed by atoms with E-state index in [0.29, 0.717) is 28.9 Å². The summed E-state index contributed by atoms with van der Waals surface area (Å²) in [6, 6.07) is 12.9. The van der Waals surface area contributed by atoms with Gasteiger partial charge >= 0.3 is 0 Å². The molecule has 0 saturated heterocycles. The molecule has 2 nitrogen and oxygen atoms in total. The Morgan fingerprint density at radius 3 is 2.50 bits per heavy atom. The SMILES string of the molecule is NCC#Cc1cccc(COc2cc(Cl)cc(Cl)c2)c1. The molecule has 0 amide bonds. The second-order valence-electron chi connectivity index (χ2n) is 4.10. The summed E-state index contributed by atoms with van der Waals surface area (Å²) in [7, 11) is 0. The molecule has 0 atom stereocenters. The van der Waals surface area contributed by atoms with Crippen molar-refractivity contribution < 1.29 is 4.74 Å². The van der Waals surface area contributed by atoms with Gasteiger partial charge in [0.15, 0.2) is 0 Å². The molecule has 20 heavy (non-hydrogen) atoms. The summed E-state index contributed by atoms with van der Waals surface area (Å²) in [6.07, 6.45) is 0. The van der Waals surface area contributed by atoms with Crippen LogP contribution in [0.3, 0.4) is 0 Å². The average Bonchev–Trinajstić information content (AvgIpc) is 2.42. The minimum absolute atomic E-state index is 0.349. The summed E-state index contributed by atoms with van der Waals surface area (Å²) in [4.78, 5) is 0. The Labute approximate surface area is 128 Å². The predicted octanol–water partition coefficient (Wildman–Crippen LogP) is 3.88. The maximum Gasteiger partial charge on any atom is 0.122 e. The molecule has 0 unspecified atom stereocenters. The van der Waals surface area contributed by atoms with Gasteiger partial charge in [0.1, 0.15) is 12.4 Å². The van der Waals surface area contributed by atoms with Gasteiger partial charge in [0.2, 0.25) is 0 Å². The zero-order valence-corrected chi connectivity index (χ0v) is 12.2. The maximum atomic E-state index is 5.92. The van der Waals surface area contributed by atoms with E-state index in [1.807, 2.05) is 24.3 Å². The highest BCUT2D eigenvalue weighted by Crippen LogP contribution is 2.24. The van der Waals surface area contributed by atoms with Crippen LogP contribution in [-0.4, -0.2) is 6.54 Å². The largest absolute Gasteiger partial charge is 0.489 e. The number of ether oxygens (including phenoxy) is 1. The molecule has 0 aromatic heterocycles. The number of hydrogen-bond acceptors (Lipinski definition) is 2. The van der Waals surface area contributed by atoms with Crippen LogP contribution in [0.15, 0.2) is 42.5 Å². The van der Waals surface area contributed by atoms with Crippen molar-refractivity contribution in [3.63, 3.8) is 0 Å². The lowest BCUT2D eigenvalue weighted by molar-refractivity contribution is 0.306. The van der Waals surface area contributed by atoms with Gasteiger partial charge in [-0.2, -0.15) is 0 Å². The lowest BCUT2D eigenvalue weighted by Gasteiger charge is -2.07. The van der Waals surface area contributed by atoms with Crippen molar-refractivity contribution in [1.82, 2.24) is 0 Å². The highest BCUT2D eigenvalue weighted by atomic mass is 35.5. The fourth-order valence-electron chi connectivity index (χ4n) is 1.67. The summed E-state index contributed by atoms with van der Waals surface area (Å²) in [6.45, 7) is 0.774. The van der Waals surface area contributed by atoms with E-state index in [0.717, 1.165) is 11.1 Å². The van der Waals surface area contributed by atoms with Gasteiger partial charge < -0.3 is 10.5 Å². The molecule has 2 N–H and O–H groups in total. The highest BCUT2D eigenvalue weighted by Gasteiger charge is 2.00. The van der Waals surface area contributed by atoms with Crippen LogP contribution in [0.5, 0.6) is 5.75 Å². The number of halogens is 2. The van der Waals surface area contributed by atoms with Gasteiger partial charge in [-0.1, -0.05) is 47.2 Å². The first-order valence-electron chi connectivity index (χ1n) is 6.04. The Bertz CT molecular complexity index is 639. The fourth-order valence-corrected chi connectivity index (χ4v) is 2.18. The van der Waals surface area contributed by atoms with Gasteiger partial charge in [-0.05, 0) is 35.9 Å². The third-order valence-electron chi connectivity index (χ3n) is 2.50. The molecule has 0 aliphatic rings. The summed E-state index contributed by atoms with van der Waals surface area (Å²) >= 11 is 11.8. The van der Waals surface area contributed by atoms with Crippen LogP contribution >= 0.6 is 23.2 Å². The third kappa shape index (κ3) is 4.47. The van der Waals surface area contributed by atoms with Crippen LogP contribution in [0.25, 0.3) is 0 Å². The summed E-state index contributed by atoms with van der Waals surface area (Å²) < 4.78 is 5.67. The average molecular weight is 306 g/mol. The zero-order valence-electron chi connectivity index (χ0n) is 10.7. The molecule has 0 fully saturated rings. The number of rotatable bonds is 3. The van der Waals surface area contributed by atoms with E-state index in [2.05, 4.69) is 11.8 Å². The minimum atomic E-state index is 0.349. The van der Waals surface area contributed by atoms with Crippen molar-refractivity contribution >= 4 is 23.2 Å². The number of benzene rings is 2. The normalized spacial score (nSPS) is 9.75. The van der Waals surface area contributed by atoms with E-state index in [4.69, 9.17) is 33.7 Å². The van der Waals surface area contributed by atoms with Crippen molar-refractivity contribution in [2.45, 2.75) is 6.61 Å². The summed E-state index contributed by atoms with van der Waals surface area (Å²) in [5, 5.41) is 1.10. The second kappa shape index (κ2) is 7.21. The van der Waals surface area contributed by atoms with Crippen LogP contribution in [0.4, 0.5) is 0 Å². The molecule has 0 heterocycles. The Morgan fingerprint density at radius 2 is 1.80 bits per heavy atom. The molecule has 4 heteroatoms. The van der Waals surface area contributed by atoms with Crippen LogP contribution in [0.1, 0.15) is 11.1 Å². The Balaban J connectivity index is 2.07. The standard InChI is InChI=1S/C16H13Cl2NO/c17-14-8-15(18)10-16(9-14)20-11-13-4-1-3-12(7-13)5-2-6-19/h1,3-4,7-10H,6,11,19H2. The lowest BCUT2D eigenvalue weighted by Crippen LogP contribution is -1.96. The lowest BCUT2D eigenvalue weighted by atomic mass is 10.1. The van der Waals surface area contributed by atoms with E-state index < -0.39 is 0 Å². The molecular formula is C16H13Cl2NO. The van der Waals surface area contributed by atoms with Crippen LogP contribution in [0, 0.1) is 11.8 Å². The Morgan fingerprint density at radius 1 is 1.05 bits per heavy atom. The van der Waals surface area contributed by atoms with Crippen molar-refractivity contribution in [2.75, 3.05) is 6.54 Å². The van der Waals surface area contributed by atoms with E-state index >= 15 is 0 Å². The van der Waals surface area contributed by atoms with Crippen LogP contribution in [-0.2, 0) is 6.61 Å². The van der Waals surface area contributed by atoms with E-state index in [1.54, 1.807) is 18.2 Å². The van der Waals surface area contributed by atoms with Crippen molar-refractivity contribution in [1.29, 1.82) is 0 Å². The van der Waals surface area contributed by atoms with Gasteiger partial charge in [-0.15, -0.1) is 0 Å². The van der Waals surface area contributed by atoms with E-state index in [9.17, 15) is 0 Å². The first-order valence-corrected chi connectivity index (χ1v) is 6.80. The van der Waals surface area contributed by atoms with Crippen LogP contribution in [0.2, 0.25) is 10.0 Å². The van der Waals surface area contributed by atoms with Crippen molar-refractivity contribution in [2.24, 2.45) is 5.73 Å². The number of nitrogens with two attached hydrogens (primary N) is 1. The first-order chi connectivity index (χ1) is 9.67. The van der Waals surface area contributed by atoms with E-state index in [1.165, 1.54) is 0 Å². The number of hydrogen-bond donors (Lipinski definition) is 1. The monoisotopic (exact) mass is 305 g/mol. The smallest absolute Gasteiger partial charge is 0.122 e. The molecule has 0 saturated carbocycles. The predicted molar refractivity (Wildman–Crippen MR) is 83.2 cm³/mol. The highest BCUT2D eigenvalue weighted by molar-refractivity contribution is 6.34. The summed E-state index contributed by atoms with van der Waals surface area (Å²) in [5.41, 5.74) is 7.29. The van der Waals surface area contributed by atoms with Crippen molar-refractivity contribution in [3.8, 4) is 17.6 Å². The zero-order chi connectivity index (χ0) is 14.4. The van der Waals surface area contributed by atoms with Crippen molar-refractivity contribution in [3.05, 3.63) is 63.6 Å². The molecule has 0 spiro atoms. The van der Waals surface area contributed by atoms with Gasteiger partial charge in [0.25, 0.3) is 0 Å². The molecule has 102 valence electrons. The minimum Gasteiger partial charge on any atom is -0.489 e. The maximum absolute atomic E-state index is 5.92. The summed E-state index contributed by atoms with van der Waals surface area (Å²) in [5.74, 6) is 6.45. The van der Waals surface area contributed by atoms with Crippen LogP contribution < -0.4 is 10.5 Å². The van der Waals surface area contributed by atoms with Gasteiger partial charge in [0, 0.05) is 15.6 Å². The topological polar surface area (TPSA) is 35.2 Å². The second-order valence-corrected chi connectivity index (χ2v) is 4.97. The van der Waals surface area contributed by atoms with E-state index in [-0.39, 0.29) is 0 Å². The first kappa shape index (κ1) is 14.7. The molecule has 0 aliphatic heterocycles. The quantitative estimate of drug-likeness (QED) is 0.873. The van der Waals surface area contributed by atoms with Gasteiger partial charge in [0.05, 0.1) is 6.54 Å². The molecule has 2 aromatic carbocycles. The molecule has 2 rings (SSSR count). The van der Waals surface area contributed by atoms with Gasteiger partial charge in [-0.3, -0.25) is 0 Å². The Hall–Kier alpha value is -1.66. The molecule has 0 bridgehead atoms. The Kier molecular flexibility index (Phi) is 5.31. The molecule has 0 radical (unpaired) electrons. The third-order valence-corrected chi connectivity index (χ3v) is 2.94. The molecule has 2 aromatic rings. The fraction of sp³-hybridized carbons (Fsp3) is 0.125. The molecule has 0 aliphatic carbocycles.